The van der Waals surface area contributed by atoms with E-state index in [2.05, 4.69) is 12.2 Å². The molecule has 0 bridgehead atoms. The van der Waals surface area contributed by atoms with Crippen LogP contribution in [0.25, 0.3) is 0 Å². The molecule has 1 atom stereocenters. The van der Waals surface area contributed by atoms with E-state index in [0.29, 0.717) is 5.75 Å². The van der Waals surface area contributed by atoms with Gasteiger partial charge in [-0.05, 0) is 32.4 Å². The zero-order chi connectivity index (χ0) is 10.0. The largest absolute Gasteiger partial charge is 0.508 e. The van der Waals surface area contributed by atoms with Gasteiger partial charge in [-0.15, -0.1) is 12.4 Å². The molecule has 0 aromatic heterocycles. The number of phenolic OH excluding ortho intramolecular Hbond substituents is 1. The van der Waals surface area contributed by atoms with Crippen molar-refractivity contribution in [3.8, 4) is 5.75 Å². The van der Waals surface area contributed by atoms with Gasteiger partial charge in [-0.25, -0.2) is 0 Å². The Morgan fingerprint density at radius 1 is 1.27 bits per heavy atom. The van der Waals surface area contributed by atoms with Gasteiger partial charge < -0.3 is 10.4 Å². The molecule has 3 heteroatoms. The van der Waals surface area contributed by atoms with Crippen LogP contribution in [0, 0.1) is 0 Å². The number of halogens is 1. The van der Waals surface area contributed by atoms with Crippen molar-refractivity contribution in [3.05, 3.63) is 29.8 Å². The highest BCUT2D eigenvalue weighted by atomic mass is 35.5. The van der Waals surface area contributed by atoms with Crippen LogP contribution in [0.2, 0.25) is 0 Å². The quantitative estimate of drug-likeness (QED) is 0.774. The predicted molar refractivity (Wildman–Crippen MR) is 64.6 cm³/mol. The molecule has 1 saturated heterocycles. The number of para-hydroxylation sites is 1. The summed E-state index contributed by atoms with van der Waals surface area (Å²) in [6, 6.07) is 7.62. The molecule has 0 amide bonds. The van der Waals surface area contributed by atoms with E-state index in [9.17, 15) is 5.11 Å². The topological polar surface area (TPSA) is 32.3 Å². The molecule has 1 aliphatic heterocycles. The molecule has 1 fully saturated rings. The minimum Gasteiger partial charge on any atom is -0.508 e. The third-order valence-corrected chi connectivity index (χ3v) is 3.12. The third-order valence-electron chi connectivity index (χ3n) is 3.12. The first-order valence-electron chi connectivity index (χ1n) is 5.26. The van der Waals surface area contributed by atoms with E-state index >= 15 is 0 Å². The molecule has 0 aliphatic carbocycles. The molecule has 15 heavy (non-hydrogen) atoms. The Bertz CT molecular complexity index is 321. The van der Waals surface area contributed by atoms with Gasteiger partial charge in [-0.3, -0.25) is 0 Å². The average molecular weight is 228 g/mol. The number of piperidine rings is 1. The normalized spacial score (nSPS) is 25.7. The van der Waals surface area contributed by atoms with E-state index in [-0.39, 0.29) is 17.9 Å². The first-order chi connectivity index (χ1) is 6.72. The summed E-state index contributed by atoms with van der Waals surface area (Å²) < 4.78 is 0. The molecule has 1 heterocycles. The minimum absolute atomic E-state index is 0. The van der Waals surface area contributed by atoms with Crippen molar-refractivity contribution >= 4 is 12.4 Å². The summed E-state index contributed by atoms with van der Waals surface area (Å²) in [7, 11) is 0. The molecular weight excluding hydrogens is 210 g/mol. The number of phenols is 1. The lowest BCUT2D eigenvalue weighted by Crippen LogP contribution is -2.43. The zero-order valence-corrected chi connectivity index (χ0v) is 9.81. The molecule has 0 saturated carbocycles. The maximum Gasteiger partial charge on any atom is 0.120 e. The first kappa shape index (κ1) is 12.3. The van der Waals surface area contributed by atoms with Crippen LogP contribution in [-0.4, -0.2) is 11.7 Å². The molecule has 1 aliphatic rings. The van der Waals surface area contributed by atoms with Crippen molar-refractivity contribution in [2.75, 3.05) is 6.54 Å². The van der Waals surface area contributed by atoms with Crippen molar-refractivity contribution in [2.24, 2.45) is 0 Å². The van der Waals surface area contributed by atoms with Crippen LogP contribution in [0.3, 0.4) is 0 Å². The first-order valence-corrected chi connectivity index (χ1v) is 5.26. The molecular formula is C12H18ClNO. The second-order valence-electron chi connectivity index (χ2n) is 4.23. The molecule has 2 rings (SSSR count). The van der Waals surface area contributed by atoms with Crippen molar-refractivity contribution < 1.29 is 5.11 Å². The van der Waals surface area contributed by atoms with Crippen LogP contribution in [0.1, 0.15) is 31.7 Å². The van der Waals surface area contributed by atoms with Gasteiger partial charge in [0.2, 0.25) is 0 Å². The number of rotatable bonds is 1. The number of aromatic hydroxyl groups is 1. The summed E-state index contributed by atoms with van der Waals surface area (Å²) in [6.45, 7) is 3.21. The van der Waals surface area contributed by atoms with Crippen molar-refractivity contribution in [1.82, 2.24) is 5.32 Å². The Balaban J connectivity index is 0.00000112. The molecule has 1 unspecified atom stereocenters. The second kappa shape index (κ2) is 4.86. The SMILES string of the molecule is CC1(c2ccccc2O)CCCCN1.Cl. The average Bonchev–Trinajstić information content (AvgIpc) is 2.19. The van der Waals surface area contributed by atoms with E-state index in [0.717, 1.165) is 18.5 Å². The molecule has 1 aromatic rings. The van der Waals surface area contributed by atoms with Crippen LogP contribution < -0.4 is 5.32 Å². The number of benzene rings is 1. The summed E-state index contributed by atoms with van der Waals surface area (Å²) in [5.41, 5.74) is 0.989. The van der Waals surface area contributed by atoms with Crippen molar-refractivity contribution in [3.63, 3.8) is 0 Å². The summed E-state index contributed by atoms with van der Waals surface area (Å²) in [6.07, 6.45) is 3.57. The Labute approximate surface area is 97.1 Å². The fourth-order valence-electron chi connectivity index (χ4n) is 2.23. The Kier molecular flexibility index (Phi) is 4.00. The molecule has 1 aromatic carbocycles. The van der Waals surface area contributed by atoms with E-state index in [1.165, 1.54) is 12.8 Å². The fourth-order valence-corrected chi connectivity index (χ4v) is 2.23. The van der Waals surface area contributed by atoms with E-state index < -0.39 is 0 Å². The summed E-state index contributed by atoms with van der Waals surface area (Å²) in [5.74, 6) is 0.407. The van der Waals surface area contributed by atoms with Crippen molar-refractivity contribution in [1.29, 1.82) is 0 Å². The van der Waals surface area contributed by atoms with Gasteiger partial charge in [-0.2, -0.15) is 0 Å². The van der Waals surface area contributed by atoms with Gasteiger partial charge in [-0.1, -0.05) is 24.6 Å². The zero-order valence-electron chi connectivity index (χ0n) is 8.99. The van der Waals surface area contributed by atoms with E-state index in [4.69, 9.17) is 0 Å². The Hall–Kier alpha value is -0.730. The smallest absolute Gasteiger partial charge is 0.120 e. The molecule has 2 N–H and O–H groups in total. The molecule has 84 valence electrons. The van der Waals surface area contributed by atoms with Crippen LogP contribution >= 0.6 is 12.4 Å². The molecule has 0 radical (unpaired) electrons. The number of nitrogens with one attached hydrogen (secondary N) is 1. The highest BCUT2D eigenvalue weighted by molar-refractivity contribution is 5.85. The second-order valence-corrected chi connectivity index (χ2v) is 4.23. The summed E-state index contributed by atoms with van der Waals surface area (Å²) >= 11 is 0. The highest BCUT2D eigenvalue weighted by Gasteiger charge is 2.30. The van der Waals surface area contributed by atoms with Gasteiger partial charge in [0.25, 0.3) is 0 Å². The lowest BCUT2D eigenvalue weighted by Gasteiger charge is -2.35. The van der Waals surface area contributed by atoms with Crippen LogP contribution in [0.5, 0.6) is 5.75 Å². The van der Waals surface area contributed by atoms with Crippen LogP contribution in [0.15, 0.2) is 24.3 Å². The maximum absolute atomic E-state index is 9.79. The highest BCUT2D eigenvalue weighted by Crippen LogP contribution is 2.34. The minimum atomic E-state index is -0.0381. The predicted octanol–water partition coefficient (Wildman–Crippen LogP) is 2.80. The van der Waals surface area contributed by atoms with Crippen LogP contribution in [-0.2, 0) is 5.54 Å². The monoisotopic (exact) mass is 227 g/mol. The summed E-state index contributed by atoms with van der Waals surface area (Å²) in [4.78, 5) is 0. The van der Waals surface area contributed by atoms with E-state index in [1.54, 1.807) is 6.07 Å². The van der Waals surface area contributed by atoms with Crippen LogP contribution in [0.4, 0.5) is 0 Å². The standard InChI is InChI=1S/C12H17NO.ClH/c1-12(8-4-5-9-13-12)10-6-2-3-7-11(10)14;/h2-3,6-7,13-14H,4-5,8-9H2,1H3;1H. The lowest BCUT2D eigenvalue weighted by molar-refractivity contribution is 0.274. The van der Waals surface area contributed by atoms with Crippen molar-refractivity contribution in [2.45, 2.75) is 31.7 Å². The van der Waals surface area contributed by atoms with Gasteiger partial charge in [0.1, 0.15) is 5.75 Å². The fraction of sp³-hybridized carbons (Fsp3) is 0.500. The molecule has 2 nitrogen and oxygen atoms in total. The van der Waals surface area contributed by atoms with E-state index in [1.807, 2.05) is 18.2 Å². The molecule has 0 spiro atoms. The Morgan fingerprint density at radius 2 is 2.00 bits per heavy atom. The maximum atomic E-state index is 9.79. The van der Waals surface area contributed by atoms with Gasteiger partial charge in [0.15, 0.2) is 0 Å². The van der Waals surface area contributed by atoms with Gasteiger partial charge >= 0.3 is 0 Å². The summed E-state index contributed by atoms with van der Waals surface area (Å²) in [5, 5.41) is 13.3. The Morgan fingerprint density at radius 3 is 2.60 bits per heavy atom. The third kappa shape index (κ3) is 2.44. The van der Waals surface area contributed by atoms with Gasteiger partial charge in [0.05, 0.1) is 0 Å². The number of hydrogen-bond acceptors (Lipinski definition) is 2. The number of hydrogen-bond donors (Lipinski definition) is 2. The lowest BCUT2D eigenvalue weighted by atomic mass is 9.83. The van der Waals surface area contributed by atoms with Gasteiger partial charge in [0, 0.05) is 11.1 Å².